The van der Waals surface area contributed by atoms with Gasteiger partial charge in [-0.2, -0.15) is 0 Å². The minimum atomic E-state index is -0.0760. The number of furan rings is 1. The van der Waals surface area contributed by atoms with E-state index in [1.54, 1.807) is 42.1 Å². The number of likely N-dealkylation sites (tertiary alicyclic amines) is 1. The predicted octanol–water partition coefficient (Wildman–Crippen LogP) is 2.88. The van der Waals surface area contributed by atoms with Crippen LogP contribution in [-0.4, -0.2) is 66.2 Å². The van der Waals surface area contributed by atoms with Gasteiger partial charge in [-0.05, 0) is 43.5 Å². The molecule has 0 unspecified atom stereocenters. The Morgan fingerprint density at radius 3 is 2.23 bits per heavy atom. The second kappa shape index (κ2) is 9.61. The molecule has 0 radical (unpaired) electrons. The number of hydrogen-bond donors (Lipinski definition) is 0. The Kier molecular flexibility index (Phi) is 6.92. The molecule has 0 saturated carbocycles. The summed E-state index contributed by atoms with van der Waals surface area (Å²) < 4.78 is 4.99. The number of hydrogen-bond acceptors (Lipinski definition) is 4. The lowest BCUT2D eigenvalue weighted by atomic mass is 9.94. The van der Waals surface area contributed by atoms with Gasteiger partial charge in [0.2, 0.25) is 5.91 Å². The van der Waals surface area contributed by atoms with Crippen molar-refractivity contribution in [3.05, 3.63) is 59.5 Å². The lowest BCUT2D eigenvalue weighted by Gasteiger charge is -2.34. The van der Waals surface area contributed by atoms with Gasteiger partial charge in [0.05, 0.1) is 11.8 Å². The average molecular weight is 412 g/mol. The Labute approximate surface area is 177 Å². The van der Waals surface area contributed by atoms with Crippen LogP contribution < -0.4 is 0 Å². The van der Waals surface area contributed by atoms with Crippen molar-refractivity contribution in [2.75, 3.05) is 33.7 Å². The van der Waals surface area contributed by atoms with E-state index in [1.165, 1.54) is 12.5 Å². The Morgan fingerprint density at radius 1 is 1.03 bits per heavy atom. The summed E-state index contributed by atoms with van der Waals surface area (Å²) >= 11 is 0. The van der Waals surface area contributed by atoms with E-state index >= 15 is 0 Å². The molecule has 0 aliphatic carbocycles. The molecule has 1 aromatic heterocycles. The molecular formula is C23H29N3O4. The van der Waals surface area contributed by atoms with Crippen LogP contribution in [0, 0.1) is 5.92 Å². The number of carbonyl (C=O) groups excluding carboxylic acids is 3. The summed E-state index contributed by atoms with van der Waals surface area (Å²) in [5.41, 5.74) is 2.17. The zero-order valence-corrected chi connectivity index (χ0v) is 17.8. The van der Waals surface area contributed by atoms with Crippen molar-refractivity contribution in [1.29, 1.82) is 0 Å². The Hall–Kier alpha value is -3.09. The minimum Gasteiger partial charge on any atom is -0.472 e. The number of benzene rings is 1. The smallest absolute Gasteiger partial charge is 0.257 e. The topological polar surface area (TPSA) is 74.1 Å². The number of nitrogens with zero attached hydrogens (tertiary/aromatic N) is 3. The van der Waals surface area contributed by atoms with Crippen molar-refractivity contribution < 1.29 is 18.8 Å². The van der Waals surface area contributed by atoms with E-state index in [9.17, 15) is 14.4 Å². The predicted molar refractivity (Wildman–Crippen MR) is 113 cm³/mol. The molecule has 1 fully saturated rings. The van der Waals surface area contributed by atoms with Gasteiger partial charge in [0.1, 0.15) is 6.26 Å². The normalized spacial score (nSPS) is 14.4. The first-order chi connectivity index (χ1) is 14.4. The molecular weight excluding hydrogens is 382 g/mol. The molecule has 0 bridgehead atoms. The third kappa shape index (κ3) is 4.90. The van der Waals surface area contributed by atoms with Crippen molar-refractivity contribution in [2.45, 2.75) is 26.3 Å². The number of amides is 3. The van der Waals surface area contributed by atoms with E-state index in [0.29, 0.717) is 50.1 Å². The van der Waals surface area contributed by atoms with Crippen LogP contribution >= 0.6 is 0 Å². The molecule has 160 valence electrons. The number of rotatable bonds is 6. The molecule has 7 heteroatoms. The maximum absolute atomic E-state index is 13.1. The van der Waals surface area contributed by atoms with Crippen LogP contribution in [0.4, 0.5) is 0 Å². The highest BCUT2D eigenvalue weighted by atomic mass is 16.3. The van der Waals surface area contributed by atoms with Gasteiger partial charge in [0.25, 0.3) is 11.8 Å². The van der Waals surface area contributed by atoms with Gasteiger partial charge < -0.3 is 19.1 Å². The van der Waals surface area contributed by atoms with Gasteiger partial charge in [-0.25, -0.2) is 0 Å². The second-order valence-electron chi connectivity index (χ2n) is 7.83. The Balaban J connectivity index is 1.56. The summed E-state index contributed by atoms with van der Waals surface area (Å²) in [5, 5.41) is 0. The highest BCUT2D eigenvalue weighted by Gasteiger charge is 2.30. The van der Waals surface area contributed by atoms with Gasteiger partial charge in [-0.15, -0.1) is 0 Å². The zero-order valence-electron chi connectivity index (χ0n) is 17.8. The molecule has 1 saturated heterocycles. The fraction of sp³-hybridized carbons (Fsp3) is 0.435. The van der Waals surface area contributed by atoms with Crippen molar-refractivity contribution >= 4 is 17.7 Å². The van der Waals surface area contributed by atoms with Crippen molar-refractivity contribution in [1.82, 2.24) is 14.7 Å². The van der Waals surface area contributed by atoms with E-state index < -0.39 is 0 Å². The van der Waals surface area contributed by atoms with E-state index in [4.69, 9.17) is 4.42 Å². The first kappa shape index (κ1) is 21.6. The largest absolute Gasteiger partial charge is 0.472 e. The highest BCUT2D eigenvalue weighted by Crippen LogP contribution is 2.22. The van der Waals surface area contributed by atoms with Crippen LogP contribution in [0.5, 0.6) is 0 Å². The number of piperidine rings is 1. The minimum absolute atomic E-state index is 0.0401. The lowest BCUT2D eigenvalue weighted by Crippen LogP contribution is -2.44. The zero-order chi connectivity index (χ0) is 21.7. The maximum Gasteiger partial charge on any atom is 0.257 e. The van der Waals surface area contributed by atoms with Crippen LogP contribution in [0.3, 0.4) is 0 Å². The van der Waals surface area contributed by atoms with Crippen LogP contribution in [-0.2, 0) is 11.3 Å². The standard InChI is InChI=1S/C23H29N3O4/c1-4-25(15-17-5-7-18(8-6-17)21(27)24(2)3)22(28)19-9-12-26(13-10-19)23(29)20-11-14-30-16-20/h5-8,11,14,16,19H,4,9-10,12-13,15H2,1-3H3. The van der Waals surface area contributed by atoms with Gasteiger partial charge in [-0.3, -0.25) is 14.4 Å². The summed E-state index contributed by atoms with van der Waals surface area (Å²) in [7, 11) is 3.45. The molecule has 7 nitrogen and oxygen atoms in total. The molecule has 0 N–H and O–H groups in total. The van der Waals surface area contributed by atoms with E-state index in [2.05, 4.69) is 0 Å². The van der Waals surface area contributed by atoms with Crippen molar-refractivity contribution in [2.24, 2.45) is 5.92 Å². The molecule has 2 aromatic rings. The Morgan fingerprint density at radius 2 is 1.70 bits per heavy atom. The van der Waals surface area contributed by atoms with Crippen LogP contribution in [0.1, 0.15) is 46.0 Å². The molecule has 1 aliphatic heterocycles. The second-order valence-corrected chi connectivity index (χ2v) is 7.83. The molecule has 2 heterocycles. The Bertz CT molecular complexity index is 866. The average Bonchev–Trinajstić information content (AvgIpc) is 3.31. The summed E-state index contributed by atoms with van der Waals surface area (Å²) in [6, 6.07) is 9.07. The monoisotopic (exact) mass is 411 g/mol. The number of carbonyl (C=O) groups is 3. The van der Waals surface area contributed by atoms with E-state index in [1.807, 2.05) is 24.0 Å². The highest BCUT2D eigenvalue weighted by molar-refractivity contribution is 5.94. The van der Waals surface area contributed by atoms with Gasteiger partial charge in [-0.1, -0.05) is 12.1 Å². The summed E-state index contributed by atoms with van der Waals surface area (Å²) in [4.78, 5) is 42.7. The van der Waals surface area contributed by atoms with Gasteiger partial charge in [0.15, 0.2) is 0 Å². The van der Waals surface area contributed by atoms with Crippen molar-refractivity contribution in [3.63, 3.8) is 0 Å². The molecule has 1 aliphatic rings. The third-order valence-corrected chi connectivity index (χ3v) is 5.57. The van der Waals surface area contributed by atoms with E-state index in [-0.39, 0.29) is 23.6 Å². The van der Waals surface area contributed by atoms with Crippen LogP contribution in [0.15, 0.2) is 47.3 Å². The van der Waals surface area contributed by atoms with Gasteiger partial charge in [0, 0.05) is 51.8 Å². The van der Waals surface area contributed by atoms with Crippen LogP contribution in [0.2, 0.25) is 0 Å². The first-order valence-corrected chi connectivity index (χ1v) is 10.3. The quantitative estimate of drug-likeness (QED) is 0.733. The lowest BCUT2D eigenvalue weighted by molar-refractivity contribution is -0.137. The van der Waals surface area contributed by atoms with Gasteiger partial charge >= 0.3 is 0 Å². The summed E-state index contributed by atoms with van der Waals surface area (Å²) in [5.74, 6) is -0.0367. The van der Waals surface area contributed by atoms with Crippen molar-refractivity contribution in [3.8, 4) is 0 Å². The summed E-state index contributed by atoms with van der Waals surface area (Å²) in [6.45, 7) is 4.24. The van der Waals surface area contributed by atoms with E-state index in [0.717, 1.165) is 5.56 Å². The molecule has 3 rings (SSSR count). The third-order valence-electron chi connectivity index (χ3n) is 5.57. The first-order valence-electron chi connectivity index (χ1n) is 10.3. The molecule has 3 amide bonds. The maximum atomic E-state index is 13.1. The SMILES string of the molecule is CCN(Cc1ccc(C(=O)N(C)C)cc1)C(=O)C1CCN(C(=O)c2ccoc2)CC1. The fourth-order valence-corrected chi connectivity index (χ4v) is 3.73. The van der Waals surface area contributed by atoms with Crippen LogP contribution in [0.25, 0.3) is 0 Å². The fourth-order valence-electron chi connectivity index (χ4n) is 3.73. The molecule has 0 spiro atoms. The summed E-state index contributed by atoms with van der Waals surface area (Å²) in [6.07, 6.45) is 4.27. The molecule has 30 heavy (non-hydrogen) atoms. The molecule has 0 atom stereocenters. The molecule has 1 aromatic carbocycles.